The van der Waals surface area contributed by atoms with Gasteiger partial charge in [0.2, 0.25) is 0 Å². The second-order valence-electron chi connectivity index (χ2n) is 8.57. The largest absolute Gasteiger partial charge is 0.490 e. The molecule has 2 saturated heterocycles. The van der Waals surface area contributed by atoms with Crippen LogP contribution in [0.2, 0.25) is 0 Å². The lowest BCUT2D eigenvalue weighted by Gasteiger charge is -2.32. The smallest absolute Gasteiger partial charge is 0.253 e. The number of rotatable bonds is 6. The molecule has 0 aliphatic carbocycles. The molecule has 0 radical (unpaired) electrons. The minimum absolute atomic E-state index is 0.149. The fourth-order valence-electron chi connectivity index (χ4n) is 4.45. The highest BCUT2D eigenvalue weighted by Gasteiger charge is 2.22. The van der Waals surface area contributed by atoms with Crippen LogP contribution >= 0.6 is 0 Å². The molecule has 0 bridgehead atoms. The number of carbonyl (C=O) groups is 1. The van der Waals surface area contributed by atoms with Gasteiger partial charge < -0.3 is 9.64 Å². The van der Waals surface area contributed by atoms with Crippen molar-refractivity contribution in [2.75, 3.05) is 26.2 Å². The van der Waals surface area contributed by atoms with Crippen LogP contribution < -0.4 is 4.74 Å². The predicted octanol–water partition coefficient (Wildman–Crippen LogP) is 3.88. The third-order valence-corrected chi connectivity index (χ3v) is 6.35. The Morgan fingerprint density at radius 3 is 2.40 bits per heavy atom. The number of carbonyl (C=O) groups excluding carboxylic acids is 1. The van der Waals surface area contributed by atoms with Crippen molar-refractivity contribution in [1.82, 2.24) is 19.6 Å². The molecule has 0 saturated carbocycles. The molecular weight excluding hydrogens is 376 g/mol. The van der Waals surface area contributed by atoms with Crippen molar-refractivity contribution < 1.29 is 9.53 Å². The molecule has 4 rings (SSSR count). The van der Waals surface area contributed by atoms with Gasteiger partial charge in [0.25, 0.3) is 5.91 Å². The van der Waals surface area contributed by atoms with Gasteiger partial charge in [0.1, 0.15) is 11.9 Å². The zero-order valence-corrected chi connectivity index (χ0v) is 18.3. The van der Waals surface area contributed by atoms with Gasteiger partial charge >= 0.3 is 0 Å². The monoisotopic (exact) mass is 410 g/mol. The van der Waals surface area contributed by atoms with Crippen molar-refractivity contribution in [3.63, 3.8) is 0 Å². The highest BCUT2D eigenvalue weighted by atomic mass is 16.5. The van der Waals surface area contributed by atoms with Gasteiger partial charge in [-0.3, -0.25) is 14.4 Å². The third kappa shape index (κ3) is 5.04. The van der Waals surface area contributed by atoms with Gasteiger partial charge in [-0.25, -0.2) is 0 Å². The molecule has 3 heterocycles. The predicted molar refractivity (Wildman–Crippen MR) is 118 cm³/mol. The van der Waals surface area contributed by atoms with Crippen molar-refractivity contribution in [3.05, 3.63) is 47.3 Å². The van der Waals surface area contributed by atoms with E-state index in [0.717, 1.165) is 82.0 Å². The summed E-state index contributed by atoms with van der Waals surface area (Å²) < 4.78 is 8.23. The molecular formula is C24H34N4O2. The summed E-state index contributed by atoms with van der Waals surface area (Å²) in [7, 11) is 0. The van der Waals surface area contributed by atoms with E-state index in [1.54, 1.807) is 0 Å². The highest BCUT2D eigenvalue weighted by Crippen LogP contribution is 2.22. The molecule has 1 aromatic heterocycles. The van der Waals surface area contributed by atoms with E-state index < -0.39 is 0 Å². The Balaban J connectivity index is 1.25. The second kappa shape index (κ2) is 9.65. The minimum Gasteiger partial charge on any atom is -0.490 e. The molecule has 1 aromatic carbocycles. The van der Waals surface area contributed by atoms with E-state index in [-0.39, 0.29) is 12.0 Å². The molecule has 0 spiro atoms. The number of likely N-dealkylation sites (tertiary alicyclic amines) is 2. The van der Waals surface area contributed by atoms with Gasteiger partial charge in [-0.15, -0.1) is 0 Å². The number of nitrogens with zero attached hydrogens (tertiary/aromatic N) is 4. The van der Waals surface area contributed by atoms with E-state index in [0.29, 0.717) is 0 Å². The molecule has 30 heavy (non-hydrogen) atoms. The Kier molecular flexibility index (Phi) is 6.72. The lowest BCUT2D eigenvalue weighted by atomic mass is 10.1. The molecule has 2 aliphatic rings. The summed E-state index contributed by atoms with van der Waals surface area (Å²) in [5, 5.41) is 4.55. The average Bonchev–Trinajstić information content (AvgIpc) is 3.15. The van der Waals surface area contributed by atoms with Crippen LogP contribution in [0.15, 0.2) is 30.5 Å². The van der Waals surface area contributed by atoms with Crippen LogP contribution in [0.3, 0.4) is 0 Å². The molecule has 162 valence electrons. The van der Waals surface area contributed by atoms with Crippen LogP contribution in [-0.4, -0.2) is 57.8 Å². The maximum atomic E-state index is 12.6. The molecule has 2 aromatic rings. The Morgan fingerprint density at radius 1 is 1.07 bits per heavy atom. The number of benzene rings is 1. The molecule has 2 fully saturated rings. The number of hydrogen-bond acceptors (Lipinski definition) is 4. The number of aromatic nitrogens is 2. The summed E-state index contributed by atoms with van der Waals surface area (Å²) in [6, 6.07) is 7.73. The van der Waals surface area contributed by atoms with Gasteiger partial charge in [-0.05, 0) is 70.2 Å². The summed E-state index contributed by atoms with van der Waals surface area (Å²) in [6.45, 7) is 9.93. The summed E-state index contributed by atoms with van der Waals surface area (Å²) in [6.07, 6.45) is 7.93. The number of hydrogen-bond donors (Lipinski definition) is 0. The number of aryl methyl sites for hydroxylation is 2. The van der Waals surface area contributed by atoms with Crippen LogP contribution in [0.5, 0.6) is 5.75 Å². The van der Waals surface area contributed by atoms with Crippen molar-refractivity contribution in [1.29, 1.82) is 0 Å². The van der Waals surface area contributed by atoms with Crippen molar-refractivity contribution in [3.8, 4) is 5.75 Å². The van der Waals surface area contributed by atoms with Crippen LogP contribution in [0.1, 0.15) is 60.6 Å². The zero-order chi connectivity index (χ0) is 20.9. The molecule has 0 N–H and O–H groups in total. The summed E-state index contributed by atoms with van der Waals surface area (Å²) in [5.41, 5.74) is 3.22. The normalized spacial score (nSPS) is 18.5. The van der Waals surface area contributed by atoms with Crippen molar-refractivity contribution in [2.45, 2.75) is 65.1 Å². The van der Waals surface area contributed by atoms with Gasteiger partial charge in [-0.2, -0.15) is 5.10 Å². The first-order chi connectivity index (χ1) is 14.6. The van der Waals surface area contributed by atoms with E-state index in [2.05, 4.69) is 30.0 Å². The lowest BCUT2D eigenvalue weighted by Crippen LogP contribution is -2.37. The third-order valence-electron chi connectivity index (χ3n) is 6.35. The fourth-order valence-corrected chi connectivity index (χ4v) is 4.45. The van der Waals surface area contributed by atoms with Crippen LogP contribution in [0, 0.1) is 6.92 Å². The Morgan fingerprint density at radius 2 is 1.77 bits per heavy atom. The number of amides is 1. The topological polar surface area (TPSA) is 50.6 Å². The van der Waals surface area contributed by atoms with Gasteiger partial charge in [0, 0.05) is 56.6 Å². The van der Waals surface area contributed by atoms with Crippen molar-refractivity contribution in [2.24, 2.45) is 0 Å². The first-order valence-electron chi connectivity index (χ1n) is 11.4. The Labute approximate surface area is 179 Å². The molecule has 6 nitrogen and oxygen atoms in total. The highest BCUT2D eigenvalue weighted by molar-refractivity contribution is 5.94. The SMILES string of the molecule is CCn1cc(CN2CCC(Oc3ccc(C(=O)N4CCCCC4)cc3)CC2)c(C)n1. The first kappa shape index (κ1) is 20.9. The summed E-state index contributed by atoms with van der Waals surface area (Å²) in [4.78, 5) is 17.1. The molecule has 0 atom stereocenters. The summed E-state index contributed by atoms with van der Waals surface area (Å²) >= 11 is 0. The molecule has 6 heteroatoms. The summed E-state index contributed by atoms with van der Waals surface area (Å²) in [5.74, 6) is 1.01. The standard InChI is InChI=1S/C24H34N4O2/c1-3-28-18-21(19(2)25-28)17-26-15-11-23(12-16-26)30-22-9-7-20(8-10-22)24(29)27-13-5-4-6-14-27/h7-10,18,23H,3-6,11-17H2,1-2H3. The maximum absolute atomic E-state index is 12.6. The van der Waals surface area contributed by atoms with E-state index in [1.165, 1.54) is 12.0 Å². The molecule has 1 amide bonds. The van der Waals surface area contributed by atoms with Crippen LogP contribution in [0.25, 0.3) is 0 Å². The van der Waals surface area contributed by atoms with E-state index >= 15 is 0 Å². The number of piperidine rings is 2. The van der Waals surface area contributed by atoms with Gasteiger partial charge in [0.05, 0.1) is 5.69 Å². The Hall–Kier alpha value is -2.34. The number of ether oxygens (including phenoxy) is 1. The van der Waals surface area contributed by atoms with Gasteiger partial charge in [-0.1, -0.05) is 0 Å². The Bertz CT molecular complexity index is 831. The molecule has 2 aliphatic heterocycles. The maximum Gasteiger partial charge on any atom is 0.253 e. The minimum atomic E-state index is 0.149. The van der Waals surface area contributed by atoms with Gasteiger partial charge in [0.15, 0.2) is 0 Å². The van der Waals surface area contributed by atoms with Crippen molar-refractivity contribution >= 4 is 5.91 Å². The zero-order valence-electron chi connectivity index (χ0n) is 18.3. The van der Waals surface area contributed by atoms with Crippen LogP contribution in [-0.2, 0) is 13.1 Å². The average molecular weight is 411 g/mol. The first-order valence-corrected chi connectivity index (χ1v) is 11.4. The quantitative estimate of drug-likeness (QED) is 0.725. The lowest BCUT2D eigenvalue weighted by molar-refractivity contribution is 0.0724. The van der Waals surface area contributed by atoms with E-state index in [1.807, 2.05) is 33.8 Å². The van der Waals surface area contributed by atoms with E-state index in [9.17, 15) is 4.79 Å². The van der Waals surface area contributed by atoms with E-state index in [4.69, 9.17) is 4.74 Å². The molecule has 0 unspecified atom stereocenters. The fraction of sp³-hybridized carbons (Fsp3) is 0.583. The second-order valence-corrected chi connectivity index (χ2v) is 8.57. The van der Waals surface area contributed by atoms with Crippen LogP contribution in [0.4, 0.5) is 0 Å².